The lowest BCUT2D eigenvalue weighted by Gasteiger charge is -2.04. The molecule has 0 saturated heterocycles. The number of nitrogens with zero attached hydrogens (tertiary/aromatic N) is 1. The number of benzene rings is 2. The van der Waals surface area contributed by atoms with Gasteiger partial charge >= 0.3 is 0 Å². The Morgan fingerprint density at radius 2 is 1.81 bits per heavy atom. The van der Waals surface area contributed by atoms with Crippen LogP contribution in [0.3, 0.4) is 0 Å². The number of aromatic nitrogens is 1. The molecule has 2 N–H and O–H groups in total. The van der Waals surface area contributed by atoms with Gasteiger partial charge in [-0.15, -0.1) is 11.3 Å². The van der Waals surface area contributed by atoms with Gasteiger partial charge in [0.1, 0.15) is 0 Å². The summed E-state index contributed by atoms with van der Waals surface area (Å²) < 4.78 is 0. The van der Waals surface area contributed by atoms with E-state index in [1.54, 1.807) is 0 Å². The van der Waals surface area contributed by atoms with Gasteiger partial charge in [-0.05, 0) is 11.6 Å². The highest BCUT2D eigenvalue weighted by molar-refractivity contribution is 7.13. The first-order valence-corrected chi connectivity index (χ1v) is 7.49. The summed E-state index contributed by atoms with van der Waals surface area (Å²) in [4.78, 5) is 16.7. The number of rotatable bonds is 4. The predicted molar refractivity (Wildman–Crippen MR) is 85.6 cm³/mol. The minimum Gasteiger partial charge on any atom is -0.375 e. The molecule has 0 aliphatic carbocycles. The Kier molecular flexibility index (Phi) is 3.79. The fourth-order valence-corrected chi connectivity index (χ4v) is 2.75. The Labute approximate surface area is 127 Å². The lowest BCUT2D eigenvalue weighted by molar-refractivity contribution is 0.103. The third-order valence-electron chi connectivity index (χ3n) is 3.18. The maximum atomic E-state index is 12.4. The van der Waals surface area contributed by atoms with E-state index < -0.39 is 0 Å². The Morgan fingerprint density at radius 3 is 2.52 bits per heavy atom. The van der Waals surface area contributed by atoms with Crippen molar-refractivity contribution in [1.29, 1.82) is 0 Å². The molecule has 0 unspecified atom stereocenters. The molecule has 0 spiro atoms. The smallest absolute Gasteiger partial charge is 0.193 e. The number of hydrogen-bond acceptors (Lipinski definition) is 4. The zero-order chi connectivity index (χ0) is 14.7. The number of carbonyl (C=O) groups is 1. The van der Waals surface area contributed by atoms with Crippen LogP contribution in [0, 0.1) is 0 Å². The summed E-state index contributed by atoms with van der Waals surface area (Å²) >= 11 is 1.43. The molecule has 2 aromatic carbocycles. The molecule has 0 fully saturated rings. The molecule has 0 saturated carbocycles. The van der Waals surface area contributed by atoms with Crippen LogP contribution in [0.15, 0.2) is 60.0 Å². The Bertz CT molecular complexity index is 765. The van der Waals surface area contributed by atoms with E-state index in [2.05, 4.69) is 4.98 Å². The minimum atomic E-state index is 0.0373. The number of hydrogen-bond donors (Lipinski definition) is 1. The minimum absolute atomic E-state index is 0.0373. The van der Waals surface area contributed by atoms with Gasteiger partial charge in [-0.1, -0.05) is 48.5 Å². The fourth-order valence-electron chi connectivity index (χ4n) is 2.19. The number of carbonyl (C=O) groups excluding carboxylic acids is 1. The first-order valence-electron chi connectivity index (χ1n) is 6.61. The summed E-state index contributed by atoms with van der Waals surface area (Å²) in [5.74, 6) is 0.0373. The summed E-state index contributed by atoms with van der Waals surface area (Å²) in [7, 11) is 0. The van der Waals surface area contributed by atoms with Crippen LogP contribution in [-0.4, -0.2) is 10.8 Å². The van der Waals surface area contributed by atoms with Crippen molar-refractivity contribution in [3.8, 4) is 0 Å². The second kappa shape index (κ2) is 5.89. The molecule has 21 heavy (non-hydrogen) atoms. The van der Waals surface area contributed by atoms with Crippen LogP contribution < -0.4 is 5.73 Å². The predicted octanol–water partition coefficient (Wildman–Crippen LogP) is 3.55. The van der Waals surface area contributed by atoms with Gasteiger partial charge in [0, 0.05) is 22.9 Å². The van der Waals surface area contributed by atoms with E-state index in [9.17, 15) is 4.79 Å². The largest absolute Gasteiger partial charge is 0.375 e. The van der Waals surface area contributed by atoms with Gasteiger partial charge in [0.2, 0.25) is 0 Å². The molecule has 0 bridgehead atoms. The monoisotopic (exact) mass is 294 g/mol. The van der Waals surface area contributed by atoms with E-state index in [4.69, 9.17) is 5.73 Å². The van der Waals surface area contributed by atoms with Crippen LogP contribution in [-0.2, 0) is 6.42 Å². The third kappa shape index (κ3) is 3.17. The molecule has 3 aromatic rings. The molecule has 1 aromatic heterocycles. The lowest BCUT2D eigenvalue weighted by atomic mass is 10.00. The molecule has 104 valence electrons. The van der Waals surface area contributed by atoms with Crippen molar-refractivity contribution in [3.63, 3.8) is 0 Å². The van der Waals surface area contributed by atoms with Crippen LogP contribution in [0.5, 0.6) is 0 Å². The highest BCUT2D eigenvalue weighted by atomic mass is 32.1. The molecule has 0 atom stereocenters. The number of thiazole rings is 1. The van der Waals surface area contributed by atoms with E-state index >= 15 is 0 Å². The number of ketones is 1. The summed E-state index contributed by atoms with van der Waals surface area (Å²) in [5.41, 5.74) is 9.03. The lowest BCUT2D eigenvalue weighted by Crippen LogP contribution is -2.02. The molecule has 0 aliphatic heterocycles. The molecular weight excluding hydrogens is 280 g/mol. The maximum Gasteiger partial charge on any atom is 0.193 e. The molecule has 0 amide bonds. The van der Waals surface area contributed by atoms with Crippen molar-refractivity contribution in [3.05, 3.63) is 82.4 Å². The molecule has 3 nitrogen and oxygen atoms in total. The zero-order valence-electron chi connectivity index (χ0n) is 11.3. The van der Waals surface area contributed by atoms with Crippen LogP contribution >= 0.6 is 11.3 Å². The average molecular weight is 294 g/mol. The molecule has 0 aliphatic rings. The SMILES string of the molecule is Nc1nc(Cc2cccc(C(=O)c3ccccc3)c2)cs1. The summed E-state index contributed by atoms with van der Waals surface area (Å²) in [6.45, 7) is 0. The quantitative estimate of drug-likeness (QED) is 0.749. The van der Waals surface area contributed by atoms with Crippen molar-refractivity contribution in [2.24, 2.45) is 0 Å². The molecule has 4 heteroatoms. The average Bonchev–Trinajstić information content (AvgIpc) is 2.93. The molecule has 3 rings (SSSR count). The van der Waals surface area contributed by atoms with E-state index in [0.29, 0.717) is 22.7 Å². The van der Waals surface area contributed by atoms with E-state index in [-0.39, 0.29) is 5.78 Å². The van der Waals surface area contributed by atoms with Gasteiger partial charge in [-0.2, -0.15) is 0 Å². The van der Waals surface area contributed by atoms with Crippen LogP contribution in [0.4, 0.5) is 5.13 Å². The van der Waals surface area contributed by atoms with Crippen LogP contribution in [0.2, 0.25) is 0 Å². The zero-order valence-corrected chi connectivity index (χ0v) is 12.1. The van der Waals surface area contributed by atoms with E-state index in [0.717, 1.165) is 11.3 Å². The van der Waals surface area contributed by atoms with Gasteiger partial charge < -0.3 is 5.73 Å². The highest BCUT2D eigenvalue weighted by Crippen LogP contribution is 2.17. The normalized spacial score (nSPS) is 10.5. The summed E-state index contributed by atoms with van der Waals surface area (Å²) in [6, 6.07) is 17.0. The van der Waals surface area contributed by atoms with Crippen LogP contribution in [0.1, 0.15) is 27.2 Å². The van der Waals surface area contributed by atoms with Crippen molar-refractivity contribution in [1.82, 2.24) is 4.98 Å². The summed E-state index contributed by atoms with van der Waals surface area (Å²) in [6.07, 6.45) is 0.684. The van der Waals surface area contributed by atoms with Gasteiger partial charge in [0.05, 0.1) is 5.69 Å². The highest BCUT2D eigenvalue weighted by Gasteiger charge is 2.09. The van der Waals surface area contributed by atoms with Crippen molar-refractivity contribution in [2.75, 3.05) is 5.73 Å². The van der Waals surface area contributed by atoms with Crippen molar-refractivity contribution >= 4 is 22.3 Å². The van der Waals surface area contributed by atoms with Gasteiger partial charge in [-0.3, -0.25) is 4.79 Å². The number of nitrogen functional groups attached to an aromatic ring is 1. The standard InChI is InChI=1S/C17H14N2OS/c18-17-19-15(11-21-17)10-12-5-4-8-14(9-12)16(20)13-6-2-1-3-7-13/h1-9,11H,10H2,(H2,18,19). The second-order valence-corrected chi connectivity index (χ2v) is 5.64. The van der Waals surface area contributed by atoms with Gasteiger partial charge in [-0.25, -0.2) is 4.98 Å². The third-order valence-corrected chi connectivity index (χ3v) is 3.90. The molecule has 0 radical (unpaired) electrons. The molecular formula is C17H14N2OS. The van der Waals surface area contributed by atoms with E-state index in [1.165, 1.54) is 11.3 Å². The van der Waals surface area contributed by atoms with Gasteiger partial charge in [0.25, 0.3) is 0 Å². The van der Waals surface area contributed by atoms with Crippen molar-refractivity contribution < 1.29 is 4.79 Å². The Balaban J connectivity index is 1.85. The van der Waals surface area contributed by atoms with Crippen molar-refractivity contribution in [2.45, 2.75) is 6.42 Å². The fraction of sp³-hybridized carbons (Fsp3) is 0.0588. The number of nitrogens with two attached hydrogens (primary N) is 1. The van der Waals surface area contributed by atoms with E-state index in [1.807, 2.05) is 60.0 Å². The van der Waals surface area contributed by atoms with Gasteiger partial charge in [0.15, 0.2) is 10.9 Å². The topological polar surface area (TPSA) is 56.0 Å². The molecule has 1 heterocycles. The number of anilines is 1. The first kappa shape index (κ1) is 13.5. The second-order valence-electron chi connectivity index (χ2n) is 4.75. The summed E-state index contributed by atoms with van der Waals surface area (Å²) in [5, 5.41) is 2.52. The maximum absolute atomic E-state index is 12.4. The Morgan fingerprint density at radius 1 is 1.05 bits per heavy atom. The Hall–Kier alpha value is -2.46. The first-order chi connectivity index (χ1) is 10.2. The van der Waals surface area contributed by atoms with Crippen LogP contribution in [0.25, 0.3) is 0 Å².